The minimum Gasteiger partial charge on any atom is -0.349 e. The third kappa shape index (κ3) is 4.66. The van der Waals surface area contributed by atoms with Crippen molar-refractivity contribution in [1.82, 2.24) is 10.3 Å². The molecule has 0 saturated carbocycles. The molecular weight excluding hydrogens is 388 g/mol. The van der Waals surface area contributed by atoms with Crippen molar-refractivity contribution < 1.29 is 4.79 Å². The summed E-state index contributed by atoms with van der Waals surface area (Å²) in [5.41, 5.74) is 5.29. The Hall–Kier alpha value is -3.24. The molecule has 0 radical (unpaired) electrons. The molecule has 0 unspecified atom stereocenters. The molecule has 150 valence electrons. The first-order valence-electron chi connectivity index (χ1n) is 10.1. The lowest BCUT2D eigenvalue weighted by atomic mass is 10.1. The van der Waals surface area contributed by atoms with Gasteiger partial charge in [-0.15, -0.1) is 11.3 Å². The van der Waals surface area contributed by atoms with Gasteiger partial charge in [0.25, 0.3) is 0 Å². The first kappa shape index (κ1) is 20.0. The van der Waals surface area contributed by atoms with E-state index in [-0.39, 0.29) is 18.4 Å². The van der Waals surface area contributed by atoms with Crippen LogP contribution in [-0.4, -0.2) is 10.9 Å². The molecule has 0 aliphatic heterocycles. The van der Waals surface area contributed by atoms with E-state index in [1.165, 1.54) is 5.56 Å². The molecule has 4 rings (SSSR count). The number of hydrogen-bond acceptors (Lipinski definition) is 3. The molecule has 0 aliphatic carbocycles. The molecule has 4 aromatic rings. The maximum atomic E-state index is 12.8. The smallest absolute Gasteiger partial charge is 0.226 e. The largest absolute Gasteiger partial charge is 0.349 e. The second-order valence-corrected chi connectivity index (χ2v) is 8.40. The molecule has 0 bridgehead atoms. The van der Waals surface area contributed by atoms with Crippen molar-refractivity contribution in [3.63, 3.8) is 0 Å². The summed E-state index contributed by atoms with van der Waals surface area (Å²) in [6, 6.07) is 28.5. The van der Waals surface area contributed by atoms with Crippen LogP contribution in [0.1, 0.15) is 29.8 Å². The Balaban J connectivity index is 1.61. The Morgan fingerprint density at radius 1 is 0.900 bits per heavy atom. The molecule has 1 heterocycles. The van der Waals surface area contributed by atoms with E-state index >= 15 is 0 Å². The fourth-order valence-electron chi connectivity index (χ4n) is 3.38. The molecule has 0 saturated heterocycles. The average Bonchev–Trinajstić information content (AvgIpc) is 3.19. The molecule has 1 amide bonds. The summed E-state index contributed by atoms with van der Waals surface area (Å²) >= 11 is 1.64. The lowest BCUT2D eigenvalue weighted by Crippen LogP contribution is -2.28. The van der Waals surface area contributed by atoms with Crippen LogP contribution in [0, 0.1) is 6.92 Å². The zero-order valence-corrected chi connectivity index (χ0v) is 17.9. The van der Waals surface area contributed by atoms with Crippen molar-refractivity contribution in [1.29, 1.82) is 0 Å². The fraction of sp³-hybridized carbons (Fsp3) is 0.154. The number of nitrogens with one attached hydrogen (secondary N) is 1. The first-order chi connectivity index (χ1) is 14.6. The minimum atomic E-state index is -0.0474. The minimum absolute atomic E-state index is 0.0235. The van der Waals surface area contributed by atoms with Gasteiger partial charge in [-0.3, -0.25) is 4.79 Å². The van der Waals surface area contributed by atoms with Gasteiger partial charge in [0.15, 0.2) is 0 Å². The summed E-state index contributed by atoms with van der Waals surface area (Å²) in [6.45, 7) is 4.08. The van der Waals surface area contributed by atoms with E-state index in [0.29, 0.717) is 0 Å². The van der Waals surface area contributed by atoms with Crippen LogP contribution in [0.3, 0.4) is 0 Å². The lowest BCUT2D eigenvalue weighted by molar-refractivity contribution is -0.121. The maximum absolute atomic E-state index is 12.8. The number of rotatable bonds is 6. The number of carbonyl (C=O) groups is 1. The van der Waals surface area contributed by atoms with Crippen molar-refractivity contribution in [3.05, 3.63) is 102 Å². The lowest BCUT2D eigenvalue weighted by Gasteiger charge is -2.14. The third-order valence-corrected chi connectivity index (χ3v) is 6.23. The number of carbonyl (C=O) groups excluding carboxylic acids is 1. The van der Waals surface area contributed by atoms with Crippen molar-refractivity contribution in [3.8, 4) is 21.0 Å². The van der Waals surface area contributed by atoms with Crippen molar-refractivity contribution in [2.24, 2.45) is 0 Å². The number of aromatic nitrogens is 1. The summed E-state index contributed by atoms with van der Waals surface area (Å²) in [4.78, 5) is 18.7. The standard InChI is InChI=1S/C26H24N2OS/c1-18-13-15-21(16-14-18)25-23(28-26(30-25)22-11-7-4-8-12-22)17-24(29)27-19(2)20-9-5-3-6-10-20/h3-16,19H,17H2,1-2H3,(H,27,29)/t19-/m1/s1. The van der Waals surface area contributed by atoms with Gasteiger partial charge in [-0.1, -0.05) is 90.5 Å². The van der Waals surface area contributed by atoms with Crippen LogP contribution in [0.5, 0.6) is 0 Å². The van der Waals surface area contributed by atoms with E-state index in [2.05, 4.69) is 48.6 Å². The van der Waals surface area contributed by atoms with Crippen LogP contribution in [0.25, 0.3) is 21.0 Å². The van der Waals surface area contributed by atoms with Gasteiger partial charge in [-0.2, -0.15) is 0 Å². The summed E-state index contributed by atoms with van der Waals surface area (Å²) in [7, 11) is 0. The second-order valence-electron chi connectivity index (χ2n) is 7.40. The van der Waals surface area contributed by atoms with Crippen molar-refractivity contribution >= 4 is 17.2 Å². The molecule has 3 nitrogen and oxygen atoms in total. The highest BCUT2D eigenvalue weighted by Crippen LogP contribution is 2.36. The van der Waals surface area contributed by atoms with Gasteiger partial charge in [0.05, 0.1) is 23.0 Å². The average molecular weight is 413 g/mol. The Bertz CT molecular complexity index is 1120. The van der Waals surface area contributed by atoms with Crippen LogP contribution in [0.4, 0.5) is 0 Å². The Labute approximate surface area is 181 Å². The van der Waals surface area contributed by atoms with Gasteiger partial charge in [0, 0.05) is 5.56 Å². The monoisotopic (exact) mass is 412 g/mol. The first-order valence-corrected chi connectivity index (χ1v) is 10.9. The normalized spacial score (nSPS) is 11.8. The molecule has 4 heteroatoms. The van der Waals surface area contributed by atoms with Gasteiger partial charge >= 0.3 is 0 Å². The Morgan fingerprint density at radius 2 is 1.53 bits per heavy atom. The van der Waals surface area contributed by atoms with Crippen LogP contribution >= 0.6 is 11.3 Å². The highest BCUT2D eigenvalue weighted by molar-refractivity contribution is 7.18. The van der Waals surface area contributed by atoms with Gasteiger partial charge in [-0.05, 0) is 25.0 Å². The van der Waals surface area contributed by atoms with E-state index in [9.17, 15) is 4.79 Å². The highest BCUT2D eigenvalue weighted by Gasteiger charge is 2.18. The molecule has 1 N–H and O–H groups in total. The van der Waals surface area contributed by atoms with E-state index in [1.54, 1.807) is 11.3 Å². The second kappa shape index (κ2) is 9.06. The zero-order valence-electron chi connectivity index (χ0n) is 17.1. The molecule has 0 fully saturated rings. The number of aryl methyl sites for hydroxylation is 1. The number of amides is 1. The van der Waals surface area contributed by atoms with Gasteiger partial charge in [0.1, 0.15) is 5.01 Å². The maximum Gasteiger partial charge on any atom is 0.226 e. The molecular formula is C26H24N2OS. The fourth-order valence-corrected chi connectivity index (χ4v) is 4.47. The van der Waals surface area contributed by atoms with Gasteiger partial charge in [0.2, 0.25) is 5.91 Å². The van der Waals surface area contributed by atoms with E-state index in [4.69, 9.17) is 4.98 Å². The van der Waals surface area contributed by atoms with Crippen LogP contribution in [0.15, 0.2) is 84.9 Å². The van der Waals surface area contributed by atoms with Crippen LogP contribution in [0.2, 0.25) is 0 Å². The third-order valence-electron chi connectivity index (χ3n) is 5.04. The van der Waals surface area contributed by atoms with E-state index < -0.39 is 0 Å². The SMILES string of the molecule is Cc1ccc(-c2sc(-c3ccccc3)nc2CC(=O)N[C@H](C)c2ccccc2)cc1. The quantitative estimate of drug-likeness (QED) is 0.409. The molecule has 30 heavy (non-hydrogen) atoms. The Morgan fingerprint density at radius 3 is 2.20 bits per heavy atom. The number of nitrogens with zero attached hydrogens (tertiary/aromatic N) is 1. The zero-order chi connectivity index (χ0) is 20.9. The summed E-state index contributed by atoms with van der Waals surface area (Å²) in [5, 5.41) is 4.04. The number of benzene rings is 3. The molecule has 1 atom stereocenters. The van der Waals surface area contributed by atoms with Crippen LogP contribution < -0.4 is 5.32 Å². The highest BCUT2D eigenvalue weighted by atomic mass is 32.1. The topological polar surface area (TPSA) is 42.0 Å². The van der Waals surface area contributed by atoms with Gasteiger partial charge < -0.3 is 5.32 Å². The van der Waals surface area contributed by atoms with Crippen molar-refractivity contribution in [2.45, 2.75) is 26.3 Å². The predicted molar refractivity (Wildman–Crippen MR) is 124 cm³/mol. The summed E-state index contributed by atoms with van der Waals surface area (Å²) in [5.74, 6) is -0.0235. The van der Waals surface area contributed by atoms with Gasteiger partial charge in [-0.25, -0.2) is 4.98 Å². The molecule has 1 aromatic heterocycles. The van der Waals surface area contributed by atoms with E-state index in [0.717, 1.165) is 32.3 Å². The molecule has 3 aromatic carbocycles. The predicted octanol–water partition coefficient (Wildman–Crippen LogP) is 6.21. The van der Waals surface area contributed by atoms with Crippen molar-refractivity contribution in [2.75, 3.05) is 0 Å². The number of thiazole rings is 1. The van der Waals surface area contributed by atoms with E-state index in [1.807, 2.05) is 55.5 Å². The Kier molecular flexibility index (Phi) is 6.05. The van der Waals surface area contributed by atoms with Crippen LogP contribution in [-0.2, 0) is 11.2 Å². The number of hydrogen-bond donors (Lipinski definition) is 1. The summed E-state index contributed by atoms with van der Waals surface area (Å²) in [6.07, 6.45) is 0.254. The molecule has 0 aliphatic rings. The molecule has 0 spiro atoms. The summed E-state index contributed by atoms with van der Waals surface area (Å²) < 4.78 is 0.